The maximum absolute atomic E-state index is 12.3. The van der Waals surface area contributed by atoms with Crippen LogP contribution in [0.2, 0.25) is 0 Å². The van der Waals surface area contributed by atoms with Gasteiger partial charge in [0.1, 0.15) is 57.8 Å². The zero-order valence-corrected chi connectivity index (χ0v) is 93.7. The first-order chi connectivity index (χ1) is 71.7. The topological polar surface area (TPSA) is 544 Å². The SMILES string of the molecule is CC(=O)CC[C@H](CC(=O)CCCCCCCCCCCCCCCCC(=O)O)C(=O)O.CC(=O)CC[C@H](CC(=O)CCCCCCCCCCCCCCCCCCCCC(=O)O)C(=O)O.CC(=O)CC[C@H](CC(=O)CC[C@H](CC(=O)CCCCCCCCCCCCCCCCC(=O)O)C(=O)O)C(=O)O.CC(=O)CC[C@H](CC(=O)CC[C@H](CC(=O)CCCCCCCCCCCCCCCCCCCCC(=O)O)C(=O)O)C(=O)O. The van der Waals surface area contributed by atoms with Crippen LogP contribution in [0.1, 0.15) is 606 Å². The van der Waals surface area contributed by atoms with Crippen molar-refractivity contribution in [3.05, 3.63) is 0 Å². The second-order valence-electron chi connectivity index (χ2n) is 42.9. The molecule has 0 aromatic carbocycles. The number of hydrogen-bond donors (Lipinski definition) is 10. The van der Waals surface area contributed by atoms with E-state index >= 15 is 0 Å². The molecule has 30 nitrogen and oxygen atoms in total. The summed E-state index contributed by atoms with van der Waals surface area (Å²) in [6.45, 7) is 5.61. The molecule has 0 saturated carbocycles. The van der Waals surface area contributed by atoms with Gasteiger partial charge in [0.15, 0.2) is 0 Å². The zero-order chi connectivity index (χ0) is 113. The van der Waals surface area contributed by atoms with Crippen molar-refractivity contribution in [2.45, 2.75) is 606 Å². The van der Waals surface area contributed by atoms with Crippen molar-refractivity contribution in [1.82, 2.24) is 0 Å². The Morgan fingerprint density at radius 1 is 0.120 bits per heavy atom. The second kappa shape index (κ2) is 107. The van der Waals surface area contributed by atoms with Gasteiger partial charge in [-0.05, 0) is 118 Å². The van der Waals surface area contributed by atoms with Gasteiger partial charge in [0.25, 0.3) is 0 Å². The molecule has 0 radical (unpaired) electrons. The summed E-state index contributed by atoms with van der Waals surface area (Å²) in [5.41, 5.74) is 0. The minimum absolute atomic E-state index is 0.00200. The third kappa shape index (κ3) is 113. The molecule has 0 unspecified atom stereocenters. The minimum Gasteiger partial charge on any atom is -0.481 e. The molecule has 0 saturated heterocycles. The fourth-order valence-corrected chi connectivity index (χ4v) is 18.6. The van der Waals surface area contributed by atoms with Crippen molar-refractivity contribution in [3.63, 3.8) is 0 Å². The zero-order valence-electron chi connectivity index (χ0n) is 93.7. The molecule has 0 spiro atoms. The highest BCUT2D eigenvalue weighted by molar-refractivity contribution is 5.89. The number of aliphatic carboxylic acids is 10. The fourth-order valence-electron chi connectivity index (χ4n) is 18.6. The maximum Gasteiger partial charge on any atom is 0.306 e. The second-order valence-corrected chi connectivity index (χ2v) is 42.9. The molecule has 0 bridgehead atoms. The number of carboxylic acid groups (broad SMARTS) is 10. The third-order valence-electron chi connectivity index (χ3n) is 28.2. The molecule has 0 amide bonds. The van der Waals surface area contributed by atoms with E-state index in [1.165, 1.54) is 278 Å². The van der Waals surface area contributed by atoms with Crippen molar-refractivity contribution in [2.75, 3.05) is 0 Å². The van der Waals surface area contributed by atoms with Gasteiger partial charge in [0, 0.05) is 128 Å². The van der Waals surface area contributed by atoms with Gasteiger partial charge < -0.3 is 70.2 Å². The van der Waals surface area contributed by atoms with E-state index in [1.54, 1.807) is 0 Å². The van der Waals surface area contributed by atoms with Gasteiger partial charge in [-0.15, -0.1) is 0 Å². The van der Waals surface area contributed by atoms with Gasteiger partial charge in [-0.3, -0.25) is 76.7 Å². The third-order valence-corrected chi connectivity index (χ3v) is 28.2. The lowest BCUT2D eigenvalue weighted by molar-refractivity contribution is -0.145. The summed E-state index contributed by atoms with van der Waals surface area (Å²) < 4.78 is 0. The molecule has 150 heavy (non-hydrogen) atoms. The first kappa shape index (κ1) is 148. The maximum atomic E-state index is 12.3. The number of unbranched alkanes of at least 4 members (excludes halogenated alkanes) is 60. The minimum atomic E-state index is -1.14. The molecule has 0 aliphatic heterocycles. The highest BCUT2D eigenvalue weighted by Gasteiger charge is 2.29. The Kier molecular flexibility index (Phi) is 106. The first-order valence-electron chi connectivity index (χ1n) is 59.0. The molecule has 0 aliphatic rings. The number of carbonyl (C=O) groups excluding carboxylic acids is 10. The van der Waals surface area contributed by atoms with Crippen LogP contribution in [0, 0.1) is 35.5 Å². The summed E-state index contributed by atoms with van der Waals surface area (Å²) in [6, 6.07) is 0. The van der Waals surface area contributed by atoms with Gasteiger partial charge in [-0.1, -0.05) is 360 Å². The quantitative estimate of drug-likeness (QED) is 0.0253. The smallest absolute Gasteiger partial charge is 0.306 e. The number of carboxylic acids is 10. The van der Waals surface area contributed by atoms with Crippen molar-refractivity contribution in [2.24, 2.45) is 35.5 Å². The molecule has 0 fully saturated rings. The number of rotatable bonds is 112. The standard InChI is InChI=1S/C35H60O9.C31H52O9.C29H52O6.C25H44O6/c1-28(36)22-23-29(34(41)42)27-32(38)25-24-30(35(43)44)26-31(37)20-18-16-14-12-10-8-6-4-2-3-5-7-9-11-13-15-17-19-21-33(39)40;1-24(32)18-19-25(30(37)38)23-28(34)21-20-26(31(39)40)22-27(33)16-14-12-10-8-6-4-2-3-5-7-9-11-13-15-17-29(35)36;1-25(30)22-23-26(29(34)35)24-27(31)20-18-16-14-12-10-8-6-4-2-3-5-7-9-11-13-15-17-19-21-28(32)33;1-21(26)18-19-22(25(30)31)20-23(27)16-14-12-10-8-6-4-2-3-5-7-9-11-13-15-17-24(28)29/h29-30H,2-27H2,1H3,(H,39,40)(H,41,42)(H,43,44);25-26H,2-23H2,1H3,(H,35,36)(H,37,38)(H,39,40);26H,2-24H2,1H3,(H,32,33)(H,34,35);22H,2-20H2,1H3,(H,28,29)(H,30,31)/t29-,30-;25-,26-;26-;22-/m1111/s1. The van der Waals surface area contributed by atoms with E-state index in [1.807, 2.05) is 0 Å². The molecule has 6 atom stereocenters. The van der Waals surface area contributed by atoms with E-state index in [4.69, 9.17) is 20.4 Å². The molecule has 0 rings (SSSR count). The van der Waals surface area contributed by atoms with Crippen LogP contribution in [-0.2, 0) is 95.9 Å². The monoisotopic (exact) mass is 2130 g/mol. The predicted molar refractivity (Wildman–Crippen MR) is 586 cm³/mol. The Morgan fingerprint density at radius 3 is 0.300 bits per heavy atom. The molecule has 868 valence electrons. The lowest BCUT2D eigenvalue weighted by Crippen LogP contribution is -2.22. The Balaban J connectivity index is -0.000000955. The highest BCUT2D eigenvalue weighted by atomic mass is 16.4. The summed E-state index contributed by atoms with van der Waals surface area (Å²) in [6.07, 6.45) is 76.8. The summed E-state index contributed by atoms with van der Waals surface area (Å²) in [4.78, 5) is 227. The van der Waals surface area contributed by atoms with Crippen LogP contribution < -0.4 is 0 Å². The molecule has 0 aromatic heterocycles. The molecular weight excluding hydrogens is 1920 g/mol. The van der Waals surface area contributed by atoms with Crippen LogP contribution in [0.15, 0.2) is 0 Å². The molecule has 10 N–H and O–H groups in total. The van der Waals surface area contributed by atoms with E-state index in [0.717, 1.165) is 161 Å². The molecule has 0 aromatic rings. The van der Waals surface area contributed by atoms with Crippen LogP contribution in [0.25, 0.3) is 0 Å². The van der Waals surface area contributed by atoms with Gasteiger partial charge in [0.05, 0.1) is 35.5 Å². The molecular formula is C120H208O30. The van der Waals surface area contributed by atoms with Crippen molar-refractivity contribution >= 4 is 118 Å². The summed E-state index contributed by atoms with van der Waals surface area (Å²) >= 11 is 0. The Labute approximate surface area is 900 Å². The van der Waals surface area contributed by atoms with Crippen molar-refractivity contribution in [3.8, 4) is 0 Å². The van der Waals surface area contributed by atoms with Gasteiger partial charge in [-0.2, -0.15) is 0 Å². The van der Waals surface area contributed by atoms with E-state index in [9.17, 15) is 127 Å². The highest BCUT2D eigenvalue weighted by Crippen LogP contribution is 2.27. The largest absolute Gasteiger partial charge is 0.481 e. The average molecular weight is 2130 g/mol. The van der Waals surface area contributed by atoms with E-state index in [2.05, 4.69) is 0 Å². The summed E-state index contributed by atoms with van der Waals surface area (Å²) in [7, 11) is 0. The average Bonchev–Trinajstić information content (AvgIpc) is 0.927. The number of Topliss-reactive ketones (excluding diaryl/α,β-unsaturated/α-hetero) is 10. The normalized spacial score (nSPS) is 12.2. The summed E-state index contributed by atoms with van der Waals surface area (Å²) in [5, 5.41) is 90.2. The fraction of sp³-hybridized carbons (Fsp3) is 0.833. The summed E-state index contributed by atoms with van der Waals surface area (Å²) in [5.74, 6) is -15.8. The predicted octanol–water partition coefficient (Wildman–Crippen LogP) is 29.4. The number of carbonyl (C=O) groups is 20. The Morgan fingerprint density at radius 2 is 0.207 bits per heavy atom. The molecule has 0 aliphatic carbocycles. The first-order valence-corrected chi connectivity index (χ1v) is 59.0. The van der Waals surface area contributed by atoms with E-state index in [-0.39, 0.29) is 180 Å². The van der Waals surface area contributed by atoms with Crippen LogP contribution in [-0.4, -0.2) is 169 Å². The molecule has 30 heteroatoms. The van der Waals surface area contributed by atoms with Crippen molar-refractivity contribution in [1.29, 1.82) is 0 Å². The van der Waals surface area contributed by atoms with E-state index in [0.29, 0.717) is 44.9 Å². The number of hydrogen-bond acceptors (Lipinski definition) is 20. The van der Waals surface area contributed by atoms with Crippen LogP contribution in [0.5, 0.6) is 0 Å². The van der Waals surface area contributed by atoms with Gasteiger partial charge in [0.2, 0.25) is 0 Å². The van der Waals surface area contributed by atoms with Crippen LogP contribution >= 0.6 is 0 Å². The van der Waals surface area contributed by atoms with Gasteiger partial charge in [-0.25, -0.2) is 0 Å². The van der Waals surface area contributed by atoms with E-state index < -0.39 is 95.2 Å². The van der Waals surface area contributed by atoms with Gasteiger partial charge >= 0.3 is 59.7 Å². The van der Waals surface area contributed by atoms with Crippen LogP contribution in [0.4, 0.5) is 0 Å². The lowest BCUT2D eigenvalue weighted by atomic mass is 9.90. The lowest BCUT2D eigenvalue weighted by Gasteiger charge is -2.13. The Hall–Kier alpha value is -8.60. The van der Waals surface area contributed by atoms with Crippen LogP contribution in [0.3, 0.4) is 0 Å². The van der Waals surface area contributed by atoms with Crippen molar-refractivity contribution < 1.29 is 147 Å². The molecule has 0 heterocycles. The number of ketones is 10. The Bertz CT molecular complexity index is 3600.